The first-order chi connectivity index (χ1) is 15.6. The molecule has 164 valence electrons. The first kappa shape index (κ1) is 21.4. The third-order valence-corrected chi connectivity index (χ3v) is 7.20. The summed E-state index contributed by atoms with van der Waals surface area (Å²) in [5.74, 6) is 0.782. The van der Waals surface area contributed by atoms with Crippen LogP contribution in [0.1, 0.15) is 30.3 Å². The van der Waals surface area contributed by atoms with Crippen molar-refractivity contribution in [3.63, 3.8) is 0 Å². The smallest absolute Gasteiger partial charge is 0.140 e. The number of halogens is 1. The molecule has 32 heavy (non-hydrogen) atoms. The van der Waals surface area contributed by atoms with Gasteiger partial charge in [0.1, 0.15) is 23.1 Å². The van der Waals surface area contributed by atoms with Crippen molar-refractivity contribution in [2.45, 2.75) is 38.8 Å². The number of nitrogens with zero attached hydrogens (tertiary/aromatic N) is 3. The predicted octanol–water partition coefficient (Wildman–Crippen LogP) is 6.62. The maximum absolute atomic E-state index is 5.92. The van der Waals surface area contributed by atoms with Crippen LogP contribution in [0.2, 0.25) is 5.02 Å². The van der Waals surface area contributed by atoms with Crippen molar-refractivity contribution in [3.8, 4) is 17.1 Å². The van der Waals surface area contributed by atoms with Gasteiger partial charge in [-0.1, -0.05) is 23.7 Å². The van der Waals surface area contributed by atoms with Crippen LogP contribution < -0.4 is 4.74 Å². The molecule has 1 fully saturated rings. The molecule has 0 bridgehead atoms. The van der Waals surface area contributed by atoms with Crippen molar-refractivity contribution in [2.24, 2.45) is 0 Å². The van der Waals surface area contributed by atoms with E-state index in [0.717, 1.165) is 46.7 Å². The number of thiazole rings is 1. The summed E-state index contributed by atoms with van der Waals surface area (Å²) in [5, 5.41) is 4.84. The summed E-state index contributed by atoms with van der Waals surface area (Å²) < 4.78 is 5.81. The van der Waals surface area contributed by atoms with E-state index in [4.69, 9.17) is 26.3 Å². The number of benzene rings is 2. The molecule has 2 aromatic carbocycles. The highest BCUT2D eigenvalue weighted by Crippen LogP contribution is 2.25. The second-order valence-corrected chi connectivity index (χ2v) is 9.75. The van der Waals surface area contributed by atoms with Gasteiger partial charge in [-0.2, -0.15) is 0 Å². The number of hydrogen-bond donors (Lipinski definition) is 0. The van der Waals surface area contributed by atoms with Crippen LogP contribution in [0.25, 0.3) is 22.3 Å². The Kier molecular flexibility index (Phi) is 6.39. The molecule has 5 rings (SSSR count). The molecule has 4 nitrogen and oxygen atoms in total. The number of hydrogen-bond acceptors (Lipinski definition) is 5. The average molecular weight is 464 g/mol. The Morgan fingerprint density at radius 2 is 1.94 bits per heavy atom. The topological polar surface area (TPSA) is 38.2 Å². The van der Waals surface area contributed by atoms with Crippen LogP contribution in [0, 0.1) is 0 Å². The molecule has 6 heteroatoms. The zero-order valence-corrected chi connectivity index (χ0v) is 19.7. The van der Waals surface area contributed by atoms with Gasteiger partial charge in [-0.15, -0.1) is 11.3 Å². The summed E-state index contributed by atoms with van der Waals surface area (Å²) in [6.07, 6.45) is 3.75. The van der Waals surface area contributed by atoms with Gasteiger partial charge in [-0.3, -0.25) is 0 Å². The number of ether oxygens (including phenoxy) is 1. The maximum Gasteiger partial charge on any atom is 0.140 e. The molecule has 1 aliphatic heterocycles. The van der Waals surface area contributed by atoms with Crippen LogP contribution >= 0.6 is 22.9 Å². The summed E-state index contributed by atoms with van der Waals surface area (Å²) in [7, 11) is 0. The van der Waals surface area contributed by atoms with E-state index in [0.29, 0.717) is 11.6 Å². The zero-order valence-electron chi connectivity index (χ0n) is 18.1. The molecule has 4 aromatic rings. The first-order valence-electron chi connectivity index (χ1n) is 11.1. The zero-order chi connectivity index (χ0) is 21.9. The van der Waals surface area contributed by atoms with E-state index in [-0.39, 0.29) is 0 Å². The summed E-state index contributed by atoms with van der Waals surface area (Å²) in [4.78, 5) is 12.2. The number of aromatic nitrogens is 2. The normalized spacial score (nSPS) is 16.6. The monoisotopic (exact) mass is 463 g/mol. The second-order valence-electron chi connectivity index (χ2n) is 8.37. The SMILES string of the molecule is C[C@@H]1CCCN1CCc1ccc2nc(-c3csc(COc4ccc(Cl)cc4)n3)ccc2c1. The van der Waals surface area contributed by atoms with Gasteiger partial charge in [0.15, 0.2) is 0 Å². The van der Waals surface area contributed by atoms with Crippen molar-refractivity contribution >= 4 is 33.8 Å². The molecule has 0 spiro atoms. The van der Waals surface area contributed by atoms with Gasteiger partial charge in [-0.25, -0.2) is 9.97 Å². The van der Waals surface area contributed by atoms with Gasteiger partial charge in [-0.05, 0) is 80.8 Å². The number of rotatable bonds is 7. The van der Waals surface area contributed by atoms with Crippen molar-refractivity contribution in [1.82, 2.24) is 14.9 Å². The van der Waals surface area contributed by atoms with E-state index >= 15 is 0 Å². The van der Waals surface area contributed by atoms with Crippen LogP contribution in [0.4, 0.5) is 0 Å². The minimum Gasteiger partial charge on any atom is -0.486 e. The maximum atomic E-state index is 5.92. The number of fused-ring (bicyclic) bond motifs is 1. The lowest BCUT2D eigenvalue weighted by Crippen LogP contribution is -2.28. The molecule has 0 radical (unpaired) electrons. The summed E-state index contributed by atoms with van der Waals surface area (Å²) in [6, 6.07) is 18.9. The van der Waals surface area contributed by atoms with E-state index in [9.17, 15) is 0 Å². The fourth-order valence-corrected chi connectivity index (χ4v) is 5.07. The van der Waals surface area contributed by atoms with Gasteiger partial charge in [0, 0.05) is 28.4 Å². The van der Waals surface area contributed by atoms with Gasteiger partial charge in [0.25, 0.3) is 0 Å². The highest BCUT2D eigenvalue weighted by Gasteiger charge is 2.19. The average Bonchev–Trinajstić information content (AvgIpc) is 3.46. The molecule has 0 amide bonds. The Balaban J connectivity index is 1.25. The highest BCUT2D eigenvalue weighted by atomic mass is 35.5. The summed E-state index contributed by atoms with van der Waals surface area (Å²) in [6.45, 7) is 5.14. The van der Waals surface area contributed by atoms with Crippen LogP contribution in [0.5, 0.6) is 5.75 Å². The van der Waals surface area contributed by atoms with Crippen molar-refractivity contribution < 1.29 is 4.74 Å². The highest BCUT2D eigenvalue weighted by molar-refractivity contribution is 7.09. The first-order valence-corrected chi connectivity index (χ1v) is 12.4. The lowest BCUT2D eigenvalue weighted by Gasteiger charge is -2.20. The largest absolute Gasteiger partial charge is 0.486 e. The minimum absolute atomic E-state index is 0.429. The Morgan fingerprint density at radius 1 is 1.06 bits per heavy atom. The minimum atomic E-state index is 0.429. The quantitative estimate of drug-likeness (QED) is 0.309. The fourth-order valence-electron chi connectivity index (χ4n) is 4.24. The molecule has 1 atom stereocenters. The molecular formula is C26H26ClN3OS. The van der Waals surface area contributed by atoms with Gasteiger partial charge in [0.05, 0.1) is 11.2 Å². The van der Waals surface area contributed by atoms with E-state index in [1.165, 1.54) is 30.3 Å². The Labute approximate surface area is 197 Å². The van der Waals surface area contributed by atoms with E-state index < -0.39 is 0 Å². The van der Waals surface area contributed by atoms with Crippen molar-refractivity contribution in [1.29, 1.82) is 0 Å². The second kappa shape index (κ2) is 9.57. The third kappa shape index (κ3) is 4.96. The molecule has 0 saturated carbocycles. The van der Waals surface area contributed by atoms with Crippen molar-refractivity contribution in [2.75, 3.05) is 13.1 Å². The Hall–Kier alpha value is -2.47. The van der Waals surface area contributed by atoms with Crippen molar-refractivity contribution in [3.05, 3.63) is 75.6 Å². The van der Waals surface area contributed by atoms with Crippen LogP contribution in [-0.2, 0) is 13.0 Å². The number of pyridine rings is 1. The van der Waals surface area contributed by atoms with E-state index in [1.54, 1.807) is 11.3 Å². The molecule has 3 heterocycles. The van der Waals surface area contributed by atoms with Crippen LogP contribution in [0.3, 0.4) is 0 Å². The van der Waals surface area contributed by atoms with Gasteiger partial charge < -0.3 is 9.64 Å². The van der Waals surface area contributed by atoms with Crippen LogP contribution in [0.15, 0.2) is 60.0 Å². The summed E-state index contributed by atoms with van der Waals surface area (Å²) >= 11 is 7.51. The standard InChI is InChI=1S/C26H26ClN3OS/c1-18-3-2-13-30(18)14-12-19-4-10-23-20(15-19)5-11-24(28-23)25-17-32-26(29-25)16-31-22-8-6-21(27)7-9-22/h4-11,15,17-18H,2-3,12-14,16H2,1H3/t18-/m1/s1. The van der Waals surface area contributed by atoms with E-state index in [1.807, 2.05) is 29.6 Å². The lowest BCUT2D eigenvalue weighted by atomic mass is 10.1. The molecular weight excluding hydrogens is 438 g/mol. The fraction of sp³-hybridized carbons (Fsp3) is 0.308. The number of likely N-dealkylation sites (tertiary alicyclic amines) is 1. The molecule has 0 unspecified atom stereocenters. The molecule has 0 N–H and O–H groups in total. The lowest BCUT2D eigenvalue weighted by molar-refractivity contribution is 0.272. The molecule has 0 aliphatic carbocycles. The Bertz CT molecular complexity index is 1210. The Morgan fingerprint density at radius 3 is 2.75 bits per heavy atom. The molecule has 1 aliphatic rings. The third-order valence-electron chi connectivity index (χ3n) is 6.12. The van der Waals surface area contributed by atoms with Gasteiger partial charge >= 0.3 is 0 Å². The van der Waals surface area contributed by atoms with Gasteiger partial charge in [0.2, 0.25) is 0 Å². The van der Waals surface area contributed by atoms with E-state index in [2.05, 4.69) is 42.2 Å². The van der Waals surface area contributed by atoms with Crippen LogP contribution in [-0.4, -0.2) is 34.0 Å². The molecule has 1 saturated heterocycles. The molecule has 2 aromatic heterocycles. The summed E-state index contributed by atoms with van der Waals surface area (Å²) in [5.41, 5.74) is 4.16. The predicted molar refractivity (Wildman–Crippen MR) is 133 cm³/mol.